The van der Waals surface area contributed by atoms with Crippen molar-refractivity contribution in [2.75, 3.05) is 0 Å². The summed E-state index contributed by atoms with van der Waals surface area (Å²) in [6, 6.07) is 24.5. The third-order valence-corrected chi connectivity index (χ3v) is 4.64. The third kappa shape index (κ3) is 4.85. The van der Waals surface area contributed by atoms with E-state index in [1.54, 1.807) is 24.3 Å². The van der Waals surface area contributed by atoms with E-state index in [0.717, 1.165) is 11.1 Å². The molecule has 0 bridgehead atoms. The quantitative estimate of drug-likeness (QED) is 0.461. The van der Waals surface area contributed by atoms with Gasteiger partial charge >= 0.3 is 0 Å². The van der Waals surface area contributed by atoms with Gasteiger partial charge in [-0.05, 0) is 35.4 Å². The highest BCUT2D eigenvalue weighted by atomic mass is 35.5. The van der Waals surface area contributed by atoms with Crippen LogP contribution in [0, 0.1) is 0 Å². The fraction of sp³-hybridized carbons (Fsp3) is 0.0870. The minimum absolute atomic E-state index is 0.0734. The molecule has 1 aromatic heterocycles. The Hall–Kier alpha value is -3.64. The first-order chi connectivity index (χ1) is 14.7. The molecule has 0 saturated carbocycles. The molecule has 0 aliphatic heterocycles. The van der Waals surface area contributed by atoms with E-state index in [-0.39, 0.29) is 19.1 Å². The summed E-state index contributed by atoms with van der Waals surface area (Å²) in [7, 11) is 0. The average Bonchev–Trinajstić information content (AvgIpc) is 3.25. The van der Waals surface area contributed by atoms with Crippen molar-refractivity contribution in [3.63, 3.8) is 0 Å². The maximum Gasteiger partial charge on any atom is 0.264 e. The van der Waals surface area contributed by atoms with Crippen LogP contribution in [0.2, 0.25) is 5.02 Å². The number of carbonyl (C=O) groups is 1. The smallest absolute Gasteiger partial charge is 0.264 e. The Bertz CT molecular complexity index is 1130. The van der Waals surface area contributed by atoms with Crippen LogP contribution in [0.1, 0.15) is 22.1 Å². The van der Waals surface area contributed by atoms with Gasteiger partial charge in [-0.25, -0.2) is 0 Å². The fourth-order valence-electron chi connectivity index (χ4n) is 2.84. The van der Waals surface area contributed by atoms with Crippen LogP contribution in [-0.4, -0.2) is 16.0 Å². The number of benzene rings is 3. The Morgan fingerprint density at radius 1 is 0.967 bits per heavy atom. The number of rotatable bonds is 7. The van der Waals surface area contributed by atoms with E-state index in [2.05, 4.69) is 15.5 Å². The van der Waals surface area contributed by atoms with Crippen LogP contribution in [0.3, 0.4) is 0 Å². The molecule has 1 heterocycles. The lowest BCUT2D eigenvalue weighted by Gasteiger charge is -2.08. The zero-order valence-corrected chi connectivity index (χ0v) is 16.7. The van der Waals surface area contributed by atoms with Crippen molar-refractivity contribution in [3.8, 4) is 16.9 Å². The molecule has 3 aromatic carbocycles. The first-order valence-corrected chi connectivity index (χ1v) is 9.69. The molecular formula is C23H18ClN3O3. The van der Waals surface area contributed by atoms with Crippen molar-refractivity contribution in [1.29, 1.82) is 0 Å². The Kier molecular flexibility index (Phi) is 6.06. The van der Waals surface area contributed by atoms with E-state index in [1.165, 1.54) is 0 Å². The largest absolute Gasteiger partial charge is 0.482 e. The van der Waals surface area contributed by atoms with Gasteiger partial charge in [0.15, 0.2) is 12.4 Å². The summed E-state index contributed by atoms with van der Waals surface area (Å²) in [6.45, 7) is 0.230. The molecule has 0 spiro atoms. The number of halogens is 1. The van der Waals surface area contributed by atoms with Gasteiger partial charge in [0.25, 0.3) is 11.8 Å². The van der Waals surface area contributed by atoms with Crippen LogP contribution < -0.4 is 10.1 Å². The molecule has 6 nitrogen and oxygen atoms in total. The van der Waals surface area contributed by atoms with Gasteiger partial charge < -0.3 is 14.6 Å². The van der Waals surface area contributed by atoms with Gasteiger partial charge in [0.05, 0.1) is 11.6 Å². The molecule has 0 saturated heterocycles. The highest BCUT2D eigenvalue weighted by Crippen LogP contribution is 2.30. The molecule has 0 aliphatic carbocycles. The van der Waals surface area contributed by atoms with E-state index < -0.39 is 0 Å². The lowest BCUT2D eigenvalue weighted by Crippen LogP contribution is -2.23. The van der Waals surface area contributed by atoms with Crippen LogP contribution in [0.5, 0.6) is 5.75 Å². The van der Waals surface area contributed by atoms with Crippen molar-refractivity contribution in [2.24, 2.45) is 0 Å². The standard InChI is InChI=1S/C23H18ClN3O3/c24-19-13-18(16-7-3-1-4-8-16)11-12-20(19)29-15-22-26-21(27-30-22)14-25-23(28)17-9-5-2-6-10-17/h1-13H,14-15H2,(H,25,28). The van der Waals surface area contributed by atoms with Gasteiger partial charge in [-0.15, -0.1) is 0 Å². The van der Waals surface area contributed by atoms with E-state index in [1.807, 2.05) is 54.6 Å². The molecule has 4 aromatic rings. The summed E-state index contributed by atoms with van der Waals surface area (Å²) in [5.74, 6) is 0.975. The second-order valence-corrected chi connectivity index (χ2v) is 6.86. The summed E-state index contributed by atoms with van der Waals surface area (Å²) in [5, 5.41) is 7.10. The van der Waals surface area contributed by atoms with Gasteiger partial charge in [0.1, 0.15) is 5.75 Å². The van der Waals surface area contributed by atoms with Gasteiger partial charge in [-0.2, -0.15) is 4.98 Å². The maximum absolute atomic E-state index is 12.1. The fourth-order valence-corrected chi connectivity index (χ4v) is 3.07. The highest BCUT2D eigenvalue weighted by molar-refractivity contribution is 6.32. The molecule has 150 valence electrons. The summed E-state index contributed by atoms with van der Waals surface area (Å²) >= 11 is 6.35. The normalized spacial score (nSPS) is 10.6. The lowest BCUT2D eigenvalue weighted by atomic mass is 10.1. The Morgan fingerprint density at radius 3 is 2.43 bits per heavy atom. The predicted molar refractivity (Wildman–Crippen MR) is 113 cm³/mol. The molecule has 1 amide bonds. The number of amides is 1. The van der Waals surface area contributed by atoms with Crippen LogP contribution in [-0.2, 0) is 13.2 Å². The van der Waals surface area contributed by atoms with Crippen molar-refractivity contribution < 1.29 is 14.1 Å². The third-order valence-electron chi connectivity index (χ3n) is 4.34. The number of hydrogen-bond donors (Lipinski definition) is 1. The second kappa shape index (κ2) is 9.24. The van der Waals surface area contributed by atoms with E-state index in [4.69, 9.17) is 20.9 Å². The van der Waals surface area contributed by atoms with E-state index in [9.17, 15) is 4.79 Å². The predicted octanol–water partition coefficient (Wildman–Crippen LogP) is 4.90. The summed E-state index contributed by atoms with van der Waals surface area (Å²) < 4.78 is 10.9. The van der Waals surface area contributed by atoms with Gasteiger partial charge in [-0.3, -0.25) is 4.79 Å². The number of nitrogens with zero attached hydrogens (tertiary/aromatic N) is 2. The number of ether oxygens (including phenoxy) is 1. The van der Waals surface area contributed by atoms with Gasteiger partial charge in [0, 0.05) is 5.56 Å². The number of hydrogen-bond acceptors (Lipinski definition) is 5. The Labute approximate surface area is 178 Å². The average molecular weight is 420 g/mol. The molecule has 4 rings (SSSR count). The number of nitrogens with one attached hydrogen (secondary N) is 1. The zero-order chi connectivity index (χ0) is 20.8. The molecule has 0 atom stereocenters. The van der Waals surface area contributed by atoms with Crippen molar-refractivity contribution in [3.05, 3.63) is 101 Å². The van der Waals surface area contributed by atoms with Crippen LogP contribution in [0.15, 0.2) is 83.4 Å². The van der Waals surface area contributed by atoms with Gasteiger partial charge in [-0.1, -0.05) is 71.4 Å². The van der Waals surface area contributed by atoms with E-state index in [0.29, 0.717) is 28.1 Å². The zero-order valence-electron chi connectivity index (χ0n) is 15.9. The number of carbonyl (C=O) groups excluding carboxylic acids is 1. The van der Waals surface area contributed by atoms with Crippen LogP contribution in [0.4, 0.5) is 0 Å². The molecular weight excluding hydrogens is 402 g/mol. The molecule has 0 fully saturated rings. The van der Waals surface area contributed by atoms with Crippen molar-refractivity contribution >= 4 is 17.5 Å². The molecule has 7 heteroatoms. The Morgan fingerprint density at radius 2 is 1.70 bits per heavy atom. The van der Waals surface area contributed by atoms with Crippen molar-refractivity contribution in [2.45, 2.75) is 13.2 Å². The molecule has 0 aliphatic rings. The molecule has 30 heavy (non-hydrogen) atoms. The highest BCUT2D eigenvalue weighted by Gasteiger charge is 2.11. The van der Waals surface area contributed by atoms with E-state index >= 15 is 0 Å². The molecule has 0 unspecified atom stereocenters. The van der Waals surface area contributed by atoms with Crippen LogP contribution in [0.25, 0.3) is 11.1 Å². The minimum Gasteiger partial charge on any atom is -0.482 e. The summed E-state index contributed by atoms with van der Waals surface area (Å²) in [6.07, 6.45) is 0. The number of aromatic nitrogens is 2. The minimum atomic E-state index is -0.205. The second-order valence-electron chi connectivity index (χ2n) is 6.45. The topological polar surface area (TPSA) is 77.2 Å². The monoisotopic (exact) mass is 419 g/mol. The lowest BCUT2D eigenvalue weighted by molar-refractivity contribution is 0.0949. The first-order valence-electron chi connectivity index (χ1n) is 9.31. The first kappa shape index (κ1) is 19.7. The van der Waals surface area contributed by atoms with Gasteiger partial charge in [0.2, 0.25) is 0 Å². The summed E-state index contributed by atoms with van der Waals surface area (Å²) in [4.78, 5) is 16.3. The molecule has 0 radical (unpaired) electrons. The Balaban J connectivity index is 1.33. The molecule has 1 N–H and O–H groups in total. The van der Waals surface area contributed by atoms with Crippen molar-refractivity contribution in [1.82, 2.24) is 15.5 Å². The maximum atomic E-state index is 12.1. The van der Waals surface area contributed by atoms with Crippen LogP contribution >= 0.6 is 11.6 Å². The SMILES string of the molecule is O=C(NCc1noc(COc2ccc(-c3ccccc3)cc2Cl)n1)c1ccccc1. The summed E-state index contributed by atoms with van der Waals surface area (Å²) in [5.41, 5.74) is 2.64.